The van der Waals surface area contributed by atoms with Gasteiger partial charge in [-0.15, -0.1) is 5.10 Å². The Hall–Kier alpha value is -4.31. The molecule has 1 N–H and O–H groups in total. The Morgan fingerprint density at radius 2 is 1.90 bits per heavy atom. The summed E-state index contributed by atoms with van der Waals surface area (Å²) in [5, 5.41) is 11.2. The third-order valence-corrected chi connectivity index (χ3v) is 6.83. The lowest BCUT2D eigenvalue weighted by molar-refractivity contribution is -0.142. The molecule has 1 aliphatic rings. The lowest BCUT2D eigenvalue weighted by atomic mass is 10.0. The number of methoxy groups -OCH3 is 1. The van der Waals surface area contributed by atoms with Crippen LogP contribution >= 0.6 is 0 Å². The Morgan fingerprint density at radius 3 is 2.64 bits per heavy atom. The molecular weight excluding hydrogens is 501 g/mol. The summed E-state index contributed by atoms with van der Waals surface area (Å²) in [5.41, 5.74) is 2.18. The number of nitrogens with one attached hydrogen (secondary N) is 1. The number of aromatic nitrogens is 3. The van der Waals surface area contributed by atoms with Gasteiger partial charge in [0.05, 0.1) is 18.7 Å². The zero-order valence-corrected chi connectivity index (χ0v) is 21.6. The molecule has 5 rings (SSSR count). The highest BCUT2D eigenvalue weighted by atomic mass is 19.1. The molecule has 0 spiro atoms. The molecule has 1 saturated heterocycles. The summed E-state index contributed by atoms with van der Waals surface area (Å²) < 4.78 is 27.6. The second kappa shape index (κ2) is 12.0. The molecule has 2 heterocycles. The maximum atomic E-state index is 15.2. The van der Waals surface area contributed by atoms with Gasteiger partial charge in [-0.3, -0.25) is 9.59 Å². The molecule has 202 valence electrons. The van der Waals surface area contributed by atoms with Crippen LogP contribution in [0.3, 0.4) is 0 Å². The van der Waals surface area contributed by atoms with Gasteiger partial charge >= 0.3 is 0 Å². The summed E-state index contributed by atoms with van der Waals surface area (Å²) in [4.78, 5) is 29.1. The fourth-order valence-electron chi connectivity index (χ4n) is 4.77. The molecule has 4 aromatic rings. The number of benzene rings is 3. The maximum absolute atomic E-state index is 15.2. The van der Waals surface area contributed by atoms with E-state index in [4.69, 9.17) is 9.47 Å². The fraction of sp³-hybridized carbons (Fsp3) is 0.310. The minimum atomic E-state index is -1.23. The average Bonchev–Trinajstić information content (AvgIpc) is 3.63. The molecule has 2 atom stereocenters. The van der Waals surface area contributed by atoms with Crippen molar-refractivity contribution in [3.05, 3.63) is 89.7 Å². The van der Waals surface area contributed by atoms with E-state index in [-0.39, 0.29) is 31.3 Å². The van der Waals surface area contributed by atoms with Crippen LogP contribution in [0.5, 0.6) is 5.75 Å². The standard InChI is InChI=1S/C29H30FN5O4/c1-38-21-14-12-20(13-15-21)18-34(27(36)19-35-26-11-5-4-10-25(26)32-33-35)28(23-8-2-3-9-24(23)30)29(37)31-17-22-7-6-16-39-22/h2-5,8-15,22,28H,6-7,16-19H2,1H3,(H,31,37)/t22-,28-/m1/s1. The number of fused-ring (bicyclic) bond motifs is 1. The van der Waals surface area contributed by atoms with Gasteiger partial charge in [0.15, 0.2) is 0 Å². The van der Waals surface area contributed by atoms with Crippen LogP contribution in [-0.4, -0.2) is 58.1 Å². The molecule has 0 aliphatic carbocycles. The van der Waals surface area contributed by atoms with E-state index >= 15 is 4.39 Å². The summed E-state index contributed by atoms with van der Waals surface area (Å²) in [6.45, 7) is 0.801. The average molecular weight is 532 g/mol. The number of nitrogens with zero attached hydrogens (tertiary/aromatic N) is 4. The number of halogens is 1. The van der Waals surface area contributed by atoms with E-state index in [0.717, 1.165) is 18.4 Å². The summed E-state index contributed by atoms with van der Waals surface area (Å²) in [5.74, 6) is -0.818. The van der Waals surface area contributed by atoms with E-state index < -0.39 is 23.7 Å². The van der Waals surface area contributed by atoms with Crippen molar-refractivity contribution < 1.29 is 23.5 Å². The van der Waals surface area contributed by atoms with E-state index in [2.05, 4.69) is 15.6 Å². The van der Waals surface area contributed by atoms with Crippen LogP contribution < -0.4 is 10.1 Å². The topological polar surface area (TPSA) is 98.6 Å². The number of ether oxygens (including phenoxy) is 2. The minimum Gasteiger partial charge on any atom is -0.497 e. The second-order valence-corrected chi connectivity index (χ2v) is 9.41. The van der Waals surface area contributed by atoms with Crippen molar-refractivity contribution in [3.63, 3.8) is 0 Å². The van der Waals surface area contributed by atoms with E-state index in [9.17, 15) is 9.59 Å². The van der Waals surface area contributed by atoms with Gasteiger partial charge in [0.2, 0.25) is 11.8 Å². The first kappa shape index (κ1) is 26.3. The summed E-state index contributed by atoms with van der Waals surface area (Å²) in [6.07, 6.45) is 1.64. The monoisotopic (exact) mass is 531 g/mol. The van der Waals surface area contributed by atoms with Gasteiger partial charge in [0.1, 0.15) is 29.7 Å². The van der Waals surface area contributed by atoms with Gasteiger partial charge in [0, 0.05) is 25.3 Å². The minimum absolute atomic E-state index is 0.0573. The predicted molar refractivity (Wildman–Crippen MR) is 142 cm³/mol. The normalized spacial score (nSPS) is 15.7. The highest BCUT2D eigenvalue weighted by Gasteiger charge is 2.34. The van der Waals surface area contributed by atoms with Gasteiger partial charge < -0.3 is 19.7 Å². The first-order valence-corrected chi connectivity index (χ1v) is 12.9. The van der Waals surface area contributed by atoms with Crippen LogP contribution in [-0.2, 0) is 27.4 Å². The number of carbonyl (C=O) groups is 2. The summed E-state index contributed by atoms with van der Waals surface area (Å²) >= 11 is 0. The van der Waals surface area contributed by atoms with Crippen molar-refractivity contribution in [2.75, 3.05) is 20.3 Å². The number of amides is 2. The molecule has 10 heteroatoms. The lowest BCUT2D eigenvalue weighted by Gasteiger charge is -2.32. The molecule has 3 aromatic carbocycles. The van der Waals surface area contributed by atoms with E-state index in [1.54, 1.807) is 37.4 Å². The van der Waals surface area contributed by atoms with Gasteiger partial charge in [0.25, 0.3) is 0 Å². The molecular formula is C29H30FN5O4. The van der Waals surface area contributed by atoms with Gasteiger partial charge in [-0.2, -0.15) is 0 Å². The molecule has 9 nitrogen and oxygen atoms in total. The third kappa shape index (κ3) is 6.06. The summed E-state index contributed by atoms with van der Waals surface area (Å²) in [6, 6.07) is 19.3. The van der Waals surface area contributed by atoms with Crippen molar-refractivity contribution in [1.29, 1.82) is 0 Å². The zero-order chi connectivity index (χ0) is 27.2. The molecule has 0 bridgehead atoms. The Balaban J connectivity index is 1.50. The van der Waals surface area contributed by atoms with Crippen molar-refractivity contribution in [3.8, 4) is 5.75 Å². The number of hydrogen-bond donors (Lipinski definition) is 1. The molecule has 1 fully saturated rings. The highest BCUT2D eigenvalue weighted by Crippen LogP contribution is 2.27. The maximum Gasteiger partial charge on any atom is 0.247 e. The molecule has 1 aliphatic heterocycles. The Bertz CT molecular complexity index is 1440. The second-order valence-electron chi connectivity index (χ2n) is 9.41. The molecule has 0 unspecified atom stereocenters. The first-order valence-electron chi connectivity index (χ1n) is 12.9. The van der Waals surface area contributed by atoms with Crippen LogP contribution in [0.15, 0.2) is 72.8 Å². The third-order valence-electron chi connectivity index (χ3n) is 6.83. The molecule has 0 saturated carbocycles. The smallest absolute Gasteiger partial charge is 0.247 e. The fourth-order valence-corrected chi connectivity index (χ4v) is 4.77. The Kier molecular flexibility index (Phi) is 8.12. The number of carbonyl (C=O) groups excluding carboxylic acids is 2. The van der Waals surface area contributed by atoms with Crippen molar-refractivity contribution >= 4 is 22.8 Å². The zero-order valence-electron chi connectivity index (χ0n) is 21.6. The SMILES string of the molecule is COc1ccc(CN(C(=O)Cn2nnc3ccccc32)[C@@H](C(=O)NC[C@H]2CCCO2)c2ccccc2F)cc1. The number of rotatable bonds is 10. The van der Waals surface area contributed by atoms with Crippen molar-refractivity contribution in [1.82, 2.24) is 25.2 Å². The van der Waals surface area contributed by atoms with E-state index in [1.807, 2.05) is 30.3 Å². The summed E-state index contributed by atoms with van der Waals surface area (Å²) in [7, 11) is 1.57. The van der Waals surface area contributed by atoms with Gasteiger partial charge in [-0.1, -0.05) is 47.7 Å². The van der Waals surface area contributed by atoms with Crippen molar-refractivity contribution in [2.45, 2.75) is 38.1 Å². The van der Waals surface area contributed by atoms with Crippen LogP contribution in [0, 0.1) is 5.82 Å². The van der Waals surface area contributed by atoms with Crippen LogP contribution in [0.4, 0.5) is 4.39 Å². The number of hydrogen-bond acceptors (Lipinski definition) is 6. The first-order chi connectivity index (χ1) is 19.0. The predicted octanol–water partition coefficient (Wildman–Crippen LogP) is 3.64. The Morgan fingerprint density at radius 1 is 1.13 bits per heavy atom. The number of para-hydroxylation sites is 1. The van der Waals surface area contributed by atoms with Gasteiger partial charge in [-0.25, -0.2) is 9.07 Å². The quantitative estimate of drug-likeness (QED) is 0.336. The lowest BCUT2D eigenvalue weighted by Crippen LogP contribution is -2.46. The van der Waals surface area contributed by atoms with Crippen LogP contribution in [0.25, 0.3) is 11.0 Å². The highest BCUT2D eigenvalue weighted by molar-refractivity contribution is 5.89. The van der Waals surface area contributed by atoms with Gasteiger partial charge in [-0.05, 0) is 48.7 Å². The van der Waals surface area contributed by atoms with E-state index in [0.29, 0.717) is 23.4 Å². The van der Waals surface area contributed by atoms with Crippen molar-refractivity contribution in [2.24, 2.45) is 0 Å². The molecule has 2 amide bonds. The molecule has 1 aromatic heterocycles. The molecule has 39 heavy (non-hydrogen) atoms. The van der Waals surface area contributed by atoms with Crippen LogP contribution in [0.1, 0.15) is 30.0 Å². The Labute approximate surface area is 225 Å². The van der Waals surface area contributed by atoms with Crippen LogP contribution in [0.2, 0.25) is 0 Å². The largest absolute Gasteiger partial charge is 0.497 e. The molecule has 0 radical (unpaired) electrons. The van der Waals surface area contributed by atoms with E-state index in [1.165, 1.54) is 21.7 Å².